The third-order valence-electron chi connectivity index (χ3n) is 3.04. The summed E-state index contributed by atoms with van der Waals surface area (Å²) in [5, 5.41) is 6.27. The molecule has 1 aromatic heterocycles. The Morgan fingerprint density at radius 2 is 2.47 bits per heavy atom. The van der Waals surface area contributed by atoms with Crippen LogP contribution in [-0.2, 0) is 10.0 Å². The standard InChI is InChI=1S/C10H18N4O2S/c1-2-14-7-3-4-9(8-14)13-17(15,16)10-5-6-11-12-10/h5-6,9,13H,2-4,7-8H2,1H3,(H,11,12). The van der Waals surface area contributed by atoms with E-state index in [-0.39, 0.29) is 11.1 Å². The van der Waals surface area contributed by atoms with Crippen molar-refractivity contribution in [2.75, 3.05) is 19.6 Å². The van der Waals surface area contributed by atoms with Gasteiger partial charge in [-0.25, -0.2) is 13.1 Å². The van der Waals surface area contributed by atoms with Crippen molar-refractivity contribution >= 4 is 10.0 Å². The molecule has 1 atom stereocenters. The van der Waals surface area contributed by atoms with Crippen LogP contribution in [0, 0.1) is 0 Å². The van der Waals surface area contributed by atoms with Crippen LogP contribution in [0.15, 0.2) is 17.3 Å². The van der Waals surface area contributed by atoms with Gasteiger partial charge in [-0.15, -0.1) is 0 Å². The van der Waals surface area contributed by atoms with E-state index in [1.807, 2.05) is 0 Å². The van der Waals surface area contributed by atoms with Gasteiger partial charge in [0.2, 0.25) is 0 Å². The van der Waals surface area contributed by atoms with Crippen molar-refractivity contribution in [3.05, 3.63) is 12.3 Å². The van der Waals surface area contributed by atoms with E-state index < -0.39 is 10.0 Å². The number of hydrogen-bond acceptors (Lipinski definition) is 4. The van der Waals surface area contributed by atoms with Crippen molar-refractivity contribution in [1.82, 2.24) is 19.8 Å². The Labute approximate surface area is 101 Å². The van der Waals surface area contributed by atoms with Gasteiger partial charge in [0.1, 0.15) is 0 Å². The number of H-pyrrole nitrogens is 1. The second-order valence-electron chi connectivity index (χ2n) is 4.27. The number of sulfonamides is 1. The molecule has 1 aliphatic heterocycles. The van der Waals surface area contributed by atoms with Crippen LogP contribution in [0.1, 0.15) is 19.8 Å². The molecule has 1 aliphatic rings. The summed E-state index contributed by atoms with van der Waals surface area (Å²) in [6.07, 6.45) is 3.36. The fraction of sp³-hybridized carbons (Fsp3) is 0.700. The largest absolute Gasteiger partial charge is 0.302 e. The smallest absolute Gasteiger partial charge is 0.257 e. The van der Waals surface area contributed by atoms with Gasteiger partial charge in [0.25, 0.3) is 10.0 Å². The van der Waals surface area contributed by atoms with E-state index in [0.717, 1.165) is 32.5 Å². The lowest BCUT2D eigenvalue weighted by Crippen LogP contribution is -2.47. The van der Waals surface area contributed by atoms with Crippen molar-refractivity contribution < 1.29 is 8.42 Å². The highest BCUT2D eigenvalue weighted by molar-refractivity contribution is 7.89. The molecule has 0 spiro atoms. The Kier molecular flexibility index (Phi) is 3.80. The Bertz CT molecular complexity index is 443. The number of hydrogen-bond donors (Lipinski definition) is 2. The predicted molar refractivity (Wildman–Crippen MR) is 64.0 cm³/mol. The molecule has 0 amide bonds. The summed E-state index contributed by atoms with van der Waals surface area (Å²) in [6, 6.07) is 1.46. The molecule has 17 heavy (non-hydrogen) atoms. The summed E-state index contributed by atoms with van der Waals surface area (Å²) < 4.78 is 26.6. The first-order valence-electron chi connectivity index (χ1n) is 5.86. The molecule has 1 unspecified atom stereocenters. The van der Waals surface area contributed by atoms with Gasteiger partial charge in [0.15, 0.2) is 5.03 Å². The van der Waals surface area contributed by atoms with Gasteiger partial charge in [-0.2, -0.15) is 5.10 Å². The van der Waals surface area contributed by atoms with Gasteiger partial charge in [-0.1, -0.05) is 6.92 Å². The minimum Gasteiger partial charge on any atom is -0.302 e. The van der Waals surface area contributed by atoms with Crippen molar-refractivity contribution in [3.63, 3.8) is 0 Å². The molecule has 0 aliphatic carbocycles. The zero-order valence-electron chi connectivity index (χ0n) is 9.89. The molecule has 2 N–H and O–H groups in total. The van der Waals surface area contributed by atoms with E-state index in [2.05, 4.69) is 26.7 Å². The van der Waals surface area contributed by atoms with Crippen molar-refractivity contribution in [3.8, 4) is 0 Å². The minimum atomic E-state index is -3.44. The van der Waals surface area contributed by atoms with Gasteiger partial charge in [-0.3, -0.25) is 5.10 Å². The monoisotopic (exact) mass is 258 g/mol. The average molecular weight is 258 g/mol. The molecule has 1 aromatic rings. The first-order valence-corrected chi connectivity index (χ1v) is 7.34. The van der Waals surface area contributed by atoms with Crippen LogP contribution in [0.25, 0.3) is 0 Å². The Hall–Kier alpha value is -0.920. The van der Waals surface area contributed by atoms with Crippen LogP contribution in [0.5, 0.6) is 0 Å². The molecule has 7 heteroatoms. The number of piperidine rings is 1. The van der Waals surface area contributed by atoms with Gasteiger partial charge in [0, 0.05) is 12.6 Å². The highest BCUT2D eigenvalue weighted by Crippen LogP contribution is 2.12. The Balaban J connectivity index is 2.01. The second kappa shape index (κ2) is 5.16. The van der Waals surface area contributed by atoms with Crippen LogP contribution in [0.4, 0.5) is 0 Å². The van der Waals surface area contributed by atoms with Crippen molar-refractivity contribution in [2.24, 2.45) is 0 Å². The van der Waals surface area contributed by atoms with Crippen LogP contribution < -0.4 is 4.72 Å². The van der Waals surface area contributed by atoms with Crippen LogP contribution in [-0.4, -0.2) is 49.2 Å². The molecular weight excluding hydrogens is 240 g/mol. The fourth-order valence-electron chi connectivity index (χ4n) is 2.11. The zero-order chi connectivity index (χ0) is 12.3. The molecule has 0 radical (unpaired) electrons. The highest BCUT2D eigenvalue weighted by Gasteiger charge is 2.25. The fourth-order valence-corrected chi connectivity index (χ4v) is 3.29. The number of likely N-dealkylation sites (N-methyl/N-ethyl adjacent to an activating group) is 1. The lowest BCUT2D eigenvalue weighted by Gasteiger charge is -2.31. The summed E-state index contributed by atoms with van der Waals surface area (Å²) in [4.78, 5) is 2.25. The Morgan fingerprint density at radius 1 is 1.65 bits per heavy atom. The molecule has 0 saturated carbocycles. The molecular formula is C10H18N4O2S. The van der Waals surface area contributed by atoms with Gasteiger partial charge in [-0.05, 0) is 32.0 Å². The molecule has 2 heterocycles. The second-order valence-corrected chi connectivity index (χ2v) is 5.96. The van der Waals surface area contributed by atoms with E-state index in [9.17, 15) is 8.42 Å². The third kappa shape index (κ3) is 3.05. The van der Waals surface area contributed by atoms with Gasteiger partial charge >= 0.3 is 0 Å². The third-order valence-corrected chi connectivity index (χ3v) is 4.49. The number of rotatable bonds is 4. The van der Waals surface area contributed by atoms with E-state index >= 15 is 0 Å². The van der Waals surface area contributed by atoms with Crippen LogP contribution in [0.2, 0.25) is 0 Å². The molecule has 2 rings (SSSR count). The van der Waals surface area contributed by atoms with Crippen molar-refractivity contribution in [1.29, 1.82) is 0 Å². The predicted octanol–water partition coefficient (Wildman–Crippen LogP) is 0.172. The topological polar surface area (TPSA) is 78.1 Å². The van der Waals surface area contributed by atoms with Crippen LogP contribution in [0.3, 0.4) is 0 Å². The maximum Gasteiger partial charge on any atom is 0.257 e. The lowest BCUT2D eigenvalue weighted by atomic mass is 10.1. The molecule has 0 aromatic carbocycles. The van der Waals surface area contributed by atoms with E-state index in [4.69, 9.17) is 0 Å². The van der Waals surface area contributed by atoms with E-state index in [1.54, 1.807) is 0 Å². The normalized spacial score (nSPS) is 22.8. The first kappa shape index (κ1) is 12.5. The number of likely N-dealkylation sites (tertiary alicyclic amines) is 1. The lowest BCUT2D eigenvalue weighted by molar-refractivity contribution is 0.211. The summed E-state index contributed by atoms with van der Waals surface area (Å²) in [5.41, 5.74) is 0. The van der Waals surface area contributed by atoms with Gasteiger partial charge < -0.3 is 4.90 Å². The van der Waals surface area contributed by atoms with E-state index in [1.165, 1.54) is 12.3 Å². The average Bonchev–Trinajstić information content (AvgIpc) is 2.83. The SMILES string of the molecule is CCN1CCCC(NS(=O)(=O)c2ccn[nH]2)C1. The summed E-state index contributed by atoms with van der Waals surface area (Å²) in [7, 11) is -3.44. The highest BCUT2D eigenvalue weighted by atomic mass is 32.2. The molecule has 1 saturated heterocycles. The van der Waals surface area contributed by atoms with E-state index in [0.29, 0.717) is 0 Å². The quantitative estimate of drug-likeness (QED) is 0.807. The maximum absolute atomic E-state index is 12.0. The van der Waals surface area contributed by atoms with Gasteiger partial charge in [0.05, 0.1) is 6.20 Å². The maximum atomic E-state index is 12.0. The molecule has 6 nitrogen and oxygen atoms in total. The number of aromatic amines is 1. The molecule has 96 valence electrons. The zero-order valence-corrected chi connectivity index (χ0v) is 10.7. The summed E-state index contributed by atoms with van der Waals surface area (Å²) in [5.74, 6) is 0. The number of aromatic nitrogens is 2. The van der Waals surface area contributed by atoms with Crippen LogP contribution >= 0.6 is 0 Å². The number of nitrogens with one attached hydrogen (secondary N) is 2. The first-order chi connectivity index (χ1) is 8.12. The molecule has 1 fully saturated rings. The summed E-state index contributed by atoms with van der Waals surface area (Å²) in [6.45, 7) is 4.89. The Morgan fingerprint density at radius 3 is 3.12 bits per heavy atom. The molecule has 0 bridgehead atoms. The number of nitrogens with zero attached hydrogens (tertiary/aromatic N) is 2. The van der Waals surface area contributed by atoms with Crippen molar-refractivity contribution in [2.45, 2.75) is 30.8 Å². The summed E-state index contributed by atoms with van der Waals surface area (Å²) >= 11 is 0. The minimum absolute atomic E-state index is 0.00278.